The highest BCUT2D eigenvalue weighted by Crippen LogP contribution is 2.49. The molecule has 0 unspecified atom stereocenters. The topological polar surface area (TPSA) is 101 Å². The summed E-state index contributed by atoms with van der Waals surface area (Å²) >= 11 is 0. The van der Waals surface area contributed by atoms with Crippen LogP contribution in [0.15, 0.2) is 4.90 Å². The Morgan fingerprint density at radius 1 is 1.47 bits per heavy atom. The van der Waals surface area contributed by atoms with Crippen LogP contribution in [0.3, 0.4) is 0 Å². The van der Waals surface area contributed by atoms with Crippen molar-refractivity contribution in [2.75, 3.05) is 0 Å². The summed E-state index contributed by atoms with van der Waals surface area (Å²) in [6.45, 7) is 1.23. The first kappa shape index (κ1) is 14.3. The number of rotatable bonds is 4. The number of alkyl halides is 3. The summed E-state index contributed by atoms with van der Waals surface area (Å²) in [5, 5.41) is 6.07. The monoisotopic (exact) mass is 298 g/mol. The average molecular weight is 298 g/mol. The van der Waals surface area contributed by atoms with Gasteiger partial charge in [-0.15, -0.1) is 0 Å². The number of nitrogens with two attached hydrogens (primary N) is 1. The summed E-state index contributed by atoms with van der Waals surface area (Å²) in [5.74, 6) is 0. The van der Waals surface area contributed by atoms with E-state index in [1.54, 1.807) is 4.72 Å². The highest BCUT2D eigenvalue weighted by Gasteiger charge is 2.65. The number of hydrogen-bond acceptors (Lipinski definition) is 4. The number of nitrogens with zero attached hydrogens (tertiary/aromatic N) is 1. The van der Waals surface area contributed by atoms with E-state index in [1.807, 2.05) is 0 Å². The highest BCUT2D eigenvalue weighted by molar-refractivity contribution is 7.89. The lowest BCUT2D eigenvalue weighted by Crippen LogP contribution is -2.48. The fourth-order valence-electron chi connectivity index (χ4n) is 1.84. The van der Waals surface area contributed by atoms with Crippen LogP contribution >= 0.6 is 0 Å². The lowest BCUT2D eigenvalue weighted by Gasteiger charge is -2.20. The van der Waals surface area contributed by atoms with Gasteiger partial charge in [-0.25, -0.2) is 8.42 Å². The molecule has 0 spiro atoms. The molecule has 0 aromatic carbocycles. The van der Waals surface area contributed by atoms with Crippen molar-refractivity contribution in [1.82, 2.24) is 14.9 Å². The molecule has 19 heavy (non-hydrogen) atoms. The minimum Gasteiger partial charge on any atom is -0.325 e. The normalized spacial score (nSPS) is 18.6. The summed E-state index contributed by atoms with van der Waals surface area (Å²) in [6, 6.07) is 0. The molecule has 0 bridgehead atoms. The number of H-pyrrole nitrogens is 1. The van der Waals surface area contributed by atoms with E-state index in [4.69, 9.17) is 5.73 Å². The first-order chi connectivity index (χ1) is 8.63. The number of sulfonamides is 1. The molecule has 1 fully saturated rings. The third-order valence-electron chi connectivity index (χ3n) is 3.05. The van der Waals surface area contributed by atoms with Gasteiger partial charge >= 0.3 is 6.18 Å². The van der Waals surface area contributed by atoms with E-state index >= 15 is 0 Å². The molecule has 4 N–H and O–H groups in total. The maximum Gasteiger partial charge on any atom is 0.407 e. The molecule has 1 heterocycles. The van der Waals surface area contributed by atoms with Crippen LogP contribution < -0.4 is 10.5 Å². The molecule has 0 radical (unpaired) electrons. The Labute approximate surface area is 107 Å². The number of hydrogen-bond donors (Lipinski definition) is 3. The molecule has 0 saturated heterocycles. The largest absolute Gasteiger partial charge is 0.407 e. The van der Waals surface area contributed by atoms with Gasteiger partial charge in [0.25, 0.3) is 0 Å². The quantitative estimate of drug-likeness (QED) is 0.755. The predicted molar refractivity (Wildman–Crippen MR) is 59.6 cm³/mol. The second kappa shape index (κ2) is 4.18. The summed E-state index contributed by atoms with van der Waals surface area (Å²) in [7, 11) is -4.31. The van der Waals surface area contributed by atoms with Gasteiger partial charge < -0.3 is 5.73 Å². The zero-order chi connectivity index (χ0) is 14.5. The standard InChI is InChI=1S/C9H13F3N4O2S/c1-5-7(6(4-13)15-14-5)19(17,18)16-8(2-3-8)9(10,11)12/h16H,2-4,13H2,1H3,(H,14,15). The van der Waals surface area contributed by atoms with Crippen molar-refractivity contribution in [3.8, 4) is 0 Å². The highest BCUT2D eigenvalue weighted by atomic mass is 32.2. The van der Waals surface area contributed by atoms with Crippen LogP contribution in [-0.2, 0) is 16.6 Å². The molecule has 1 aromatic heterocycles. The first-order valence-electron chi connectivity index (χ1n) is 5.47. The van der Waals surface area contributed by atoms with E-state index in [0.29, 0.717) is 0 Å². The zero-order valence-electron chi connectivity index (χ0n) is 10.0. The van der Waals surface area contributed by atoms with Crippen LogP contribution in [0.5, 0.6) is 0 Å². The molecule has 1 saturated carbocycles. The van der Waals surface area contributed by atoms with E-state index < -0.39 is 21.7 Å². The number of nitrogens with one attached hydrogen (secondary N) is 2. The third-order valence-corrected chi connectivity index (χ3v) is 4.78. The maximum absolute atomic E-state index is 12.8. The molecule has 2 rings (SSSR count). The molecular weight excluding hydrogens is 285 g/mol. The van der Waals surface area contributed by atoms with Gasteiger partial charge in [0.05, 0.1) is 11.4 Å². The first-order valence-corrected chi connectivity index (χ1v) is 6.96. The fourth-order valence-corrected chi connectivity index (χ4v) is 3.67. The second-order valence-electron chi connectivity index (χ2n) is 4.51. The van der Waals surface area contributed by atoms with Crippen LogP contribution in [-0.4, -0.2) is 30.3 Å². The molecule has 1 aliphatic carbocycles. The molecule has 0 aliphatic heterocycles. The minimum atomic E-state index is -4.61. The van der Waals surface area contributed by atoms with E-state index in [1.165, 1.54) is 6.92 Å². The Bertz CT molecular complexity index is 589. The van der Waals surface area contributed by atoms with Gasteiger partial charge in [0.15, 0.2) is 0 Å². The Morgan fingerprint density at radius 2 is 2.05 bits per heavy atom. The van der Waals surface area contributed by atoms with Crippen LogP contribution in [0.25, 0.3) is 0 Å². The van der Waals surface area contributed by atoms with Gasteiger partial charge in [0.2, 0.25) is 10.0 Å². The van der Waals surface area contributed by atoms with Gasteiger partial charge in [0, 0.05) is 6.54 Å². The Hall–Kier alpha value is -1.13. The minimum absolute atomic E-state index is 0.0166. The second-order valence-corrected chi connectivity index (χ2v) is 6.13. The molecule has 10 heteroatoms. The van der Waals surface area contributed by atoms with Gasteiger partial charge in [-0.1, -0.05) is 0 Å². The van der Waals surface area contributed by atoms with Crippen molar-refractivity contribution in [1.29, 1.82) is 0 Å². The van der Waals surface area contributed by atoms with Crippen LogP contribution in [0.4, 0.5) is 13.2 Å². The number of aromatic amines is 1. The maximum atomic E-state index is 12.8. The van der Waals surface area contributed by atoms with Crippen LogP contribution in [0.1, 0.15) is 24.2 Å². The zero-order valence-corrected chi connectivity index (χ0v) is 10.8. The van der Waals surface area contributed by atoms with Crippen molar-refractivity contribution >= 4 is 10.0 Å². The van der Waals surface area contributed by atoms with Crippen molar-refractivity contribution < 1.29 is 21.6 Å². The Balaban J connectivity index is 2.37. The number of aromatic nitrogens is 2. The SMILES string of the molecule is Cc1[nH]nc(CN)c1S(=O)(=O)NC1(C(F)(F)F)CC1. The molecular formula is C9H13F3N4O2S. The average Bonchev–Trinajstić information content (AvgIpc) is 2.93. The van der Waals surface area contributed by atoms with Gasteiger partial charge in [-0.05, 0) is 19.8 Å². The molecule has 1 aliphatic rings. The van der Waals surface area contributed by atoms with E-state index in [9.17, 15) is 21.6 Å². The van der Waals surface area contributed by atoms with Gasteiger partial charge in [-0.2, -0.15) is 23.0 Å². The van der Waals surface area contributed by atoms with Gasteiger partial charge in [-0.3, -0.25) is 5.10 Å². The van der Waals surface area contributed by atoms with Crippen LogP contribution in [0.2, 0.25) is 0 Å². The lowest BCUT2D eigenvalue weighted by molar-refractivity contribution is -0.160. The van der Waals surface area contributed by atoms with E-state index in [2.05, 4.69) is 10.2 Å². The van der Waals surface area contributed by atoms with E-state index in [-0.39, 0.29) is 35.7 Å². The summed E-state index contributed by atoms with van der Waals surface area (Å²) in [6.07, 6.45) is -5.13. The predicted octanol–water partition coefficient (Wildman–Crippen LogP) is 0.550. The molecule has 6 nitrogen and oxygen atoms in total. The molecule has 1 aromatic rings. The van der Waals surface area contributed by atoms with Crippen LogP contribution in [0, 0.1) is 6.92 Å². The van der Waals surface area contributed by atoms with Crippen molar-refractivity contribution in [3.63, 3.8) is 0 Å². The number of halogens is 3. The Kier molecular flexibility index (Phi) is 3.14. The van der Waals surface area contributed by atoms with Gasteiger partial charge in [0.1, 0.15) is 10.4 Å². The van der Waals surface area contributed by atoms with Crippen molar-refractivity contribution in [3.05, 3.63) is 11.4 Å². The molecule has 0 atom stereocenters. The Morgan fingerprint density at radius 3 is 2.47 bits per heavy atom. The smallest absolute Gasteiger partial charge is 0.325 e. The number of aryl methyl sites for hydroxylation is 1. The van der Waals surface area contributed by atoms with E-state index in [0.717, 1.165) is 0 Å². The lowest BCUT2D eigenvalue weighted by atomic mass is 10.3. The molecule has 108 valence electrons. The fraction of sp³-hybridized carbons (Fsp3) is 0.667. The summed E-state index contributed by atoms with van der Waals surface area (Å²) in [5.41, 5.74) is 3.16. The van der Waals surface area contributed by atoms with Crippen molar-refractivity contribution in [2.45, 2.75) is 42.9 Å². The third kappa shape index (κ3) is 2.35. The van der Waals surface area contributed by atoms with Crippen molar-refractivity contribution in [2.24, 2.45) is 5.73 Å². The summed E-state index contributed by atoms with van der Waals surface area (Å²) < 4.78 is 64.2. The molecule has 0 amide bonds. The summed E-state index contributed by atoms with van der Waals surface area (Å²) in [4.78, 5) is -0.300.